The van der Waals surface area contributed by atoms with Crippen molar-refractivity contribution in [3.63, 3.8) is 0 Å². The highest BCUT2D eigenvalue weighted by Gasteiger charge is 2.04. The van der Waals surface area contributed by atoms with Gasteiger partial charge in [0.2, 0.25) is 5.88 Å². The third-order valence-corrected chi connectivity index (χ3v) is 1.96. The number of H-pyrrole nitrogens is 1. The fraction of sp³-hybridized carbons (Fsp3) is 0.600. The summed E-state index contributed by atoms with van der Waals surface area (Å²) in [6.07, 6.45) is 2.12. The van der Waals surface area contributed by atoms with Gasteiger partial charge in [-0.25, -0.2) is 4.98 Å². The van der Waals surface area contributed by atoms with Crippen LogP contribution in [0.5, 0.6) is 5.88 Å². The Morgan fingerprint density at radius 1 is 1.62 bits per heavy atom. The van der Waals surface area contributed by atoms with Crippen LogP contribution in [0.15, 0.2) is 11.1 Å². The van der Waals surface area contributed by atoms with E-state index in [9.17, 15) is 4.79 Å². The molecule has 90 valence electrons. The molecule has 0 aliphatic rings. The van der Waals surface area contributed by atoms with Gasteiger partial charge in [-0.2, -0.15) is 0 Å². The Hall–Kier alpha value is -1.56. The number of nitrogens with two attached hydrogens (primary N) is 1. The molecule has 1 heterocycles. The number of aromatic amines is 1. The van der Waals surface area contributed by atoms with E-state index in [0.717, 1.165) is 13.0 Å². The van der Waals surface area contributed by atoms with E-state index in [1.165, 1.54) is 6.33 Å². The number of aromatic nitrogens is 2. The molecule has 6 nitrogen and oxygen atoms in total. The Labute approximate surface area is 94.2 Å². The first-order valence-corrected chi connectivity index (χ1v) is 5.30. The summed E-state index contributed by atoms with van der Waals surface area (Å²) in [5.74, 6) is 0.202. The fourth-order valence-corrected chi connectivity index (χ4v) is 1.14. The van der Waals surface area contributed by atoms with Gasteiger partial charge in [-0.05, 0) is 13.0 Å². The van der Waals surface area contributed by atoms with Crippen molar-refractivity contribution in [1.29, 1.82) is 0 Å². The number of anilines is 1. The number of ether oxygens (including phenoxy) is 1. The topological polar surface area (TPSA) is 93.0 Å². The number of hydrogen-bond acceptors (Lipinski definition) is 5. The van der Waals surface area contributed by atoms with Crippen molar-refractivity contribution in [1.82, 2.24) is 15.3 Å². The molecule has 0 spiro atoms. The van der Waals surface area contributed by atoms with Crippen LogP contribution in [0.1, 0.15) is 20.3 Å². The SMILES string of the molecule is CC(C)NCCCOc1nc[nH]c(=O)c1N. The normalized spacial score (nSPS) is 10.7. The van der Waals surface area contributed by atoms with Gasteiger partial charge in [-0.1, -0.05) is 13.8 Å². The van der Waals surface area contributed by atoms with E-state index in [2.05, 4.69) is 29.1 Å². The zero-order chi connectivity index (χ0) is 12.0. The lowest BCUT2D eigenvalue weighted by molar-refractivity contribution is 0.296. The maximum Gasteiger partial charge on any atom is 0.277 e. The van der Waals surface area contributed by atoms with Crippen LogP contribution in [0.2, 0.25) is 0 Å². The first kappa shape index (κ1) is 12.5. The minimum atomic E-state index is -0.370. The van der Waals surface area contributed by atoms with Crippen LogP contribution < -0.4 is 21.3 Å². The second-order valence-corrected chi connectivity index (χ2v) is 3.76. The van der Waals surface area contributed by atoms with E-state index >= 15 is 0 Å². The van der Waals surface area contributed by atoms with Crippen molar-refractivity contribution in [2.75, 3.05) is 18.9 Å². The second kappa shape index (κ2) is 6.12. The van der Waals surface area contributed by atoms with Crippen molar-refractivity contribution in [2.24, 2.45) is 0 Å². The molecule has 0 saturated carbocycles. The molecule has 0 bridgehead atoms. The Bertz CT molecular complexity index is 375. The highest BCUT2D eigenvalue weighted by molar-refractivity contribution is 5.44. The third kappa shape index (κ3) is 3.90. The molecule has 0 unspecified atom stereocenters. The van der Waals surface area contributed by atoms with E-state index in [-0.39, 0.29) is 17.1 Å². The summed E-state index contributed by atoms with van der Waals surface area (Å²) in [6, 6.07) is 0.461. The van der Waals surface area contributed by atoms with Crippen LogP contribution in [0.3, 0.4) is 0 Å². The van der Waals surface area contributed by atoms with Crippen molar-refractivity contribution in [2.45, 2.75) is 26.3 Å². The predicted octanol–water partition coefficient (Wildman–Crippen LogP) is 0.119. The highest BCUT2D eigenvalue weighted by atomic mass is 16.5. The summed E-state index contributed by atoms with van der Waals surface area (Å²) >= 11 is 0. The molecular formula is C10H18N4O2. The van der Waals surface area contributed by atoms with Gasteiger partial charge >= 0.3 is 0 Å². The summed E-state index contributed by atoms with van der Waals surface area (Å²) in [7, 11) is 0. The molecule has 1 aromatic rings. The molecule has 0 amide bonds. The Balaban J connectivity index is 2.32. The van der Waals surface area contributed by atoms with Crippen LogP contribution in [0.4, 0.5) is 5.69 Å². The summed E-state index contributed by atoms with van der Waals surface area (Å²) in [5, 5.41) is 3.26. The average molecular weight is 226 g/mol. The number of hydrogen-bond donors (Lipinski definition) is 3. The monoisotopic (exact) mass is 226 g/mol. The molecular weight excluding hydrogens is 208 g/mol. The standard InChI is InChI=1S/C10H18N4O2/c1-7(2)12-4-3-5-16-10-8(11)9(15)13-6-14-10/h6-7,12H,3-5,11H2,1-2H3,(H,13,14,15). The van der Waals surface area contributed by atoms with Crippen LogP contribution in [0.25, 0.3) is 0 Å². The average Bonchev–Trinajstić information content (AvgIpc) is 2.23. The van der Waals surface area contributed by atoms with Crippen molar-refractivity contribution >= 4 is 5.69 Å². The molecule has 1 rings (SSSR count). The molecule has 0 fully saturated rings. The first-order chi connectivity index (χ1) is 7.61. The molecule has 6 heteroatoms. The largest absolute Gasteiger partial charge is 0.476 e. The summed E-state index contributed by atoms with van der Waals surface area (Å²) < 4.78 is 5.30. The quantitative estimate of drug-likeness (QED) is 0.599. The van der Waals surface area contributed by atoms with Crippen LogP contribution >= 0.6 is 0 Å². The van der Waals surface area contributed by atoms with Gasteiger partial charge in [-0.3, -0.25) is 4.79 Å². The first-order valence-electron chi connectivity index (χ1n) is 5.30. The smallest absolute Gasteiger partial charge is 0.277 e. The predicted molar refractivity (Wildman–Crippen MR) is 62.5 cm³/mol. The summed E-state index contributed by atoms with van der Waals surface area (Å²) in [6.45, 7) is 5.51. The number of nitrogen functional groups attached to an aromatic ring is 1. The fourth-order valence-electron chi connectivity index (χ4n) is 1.14. The second-order valence-electron chi connectivity index (χ2n) is 3.76. The highest BCUT2D eigenvalue weighted by Crippen LogP contribution is 2.10. The van der Waals surface area contributed by atoms with Crippen LogP contribution in [-0.2, 0) is 0 Å². The van der Waals surface area contributed by atoms with Gasteiger partial charge in [0.25, 0.3) is 5.56 Å². The van der Waals surface area contributed by atoms with E-state index in [1.807, 2.05) is 0 Å². The third-order valence-electron chi connectivity index (χ3n) is 1.96. The molecule has 0 aromatic carbocycles. The Morgan fingerprint density at radius 2 is 2.38 bits per heavy atom. The molecule has 1 aromatic heterocycles. The molecule has 4 N–H and O–H groups in total. The zero-order valence-electron chi connectivity index (χ0n) is 9.62. The molecule has 16 heavy (non-hydrogen) atoms. The lowest BCUT2D eigenvalue weighted by Crippen LogP contribution is -2.25. The van der Waals surface area contributed by atoms with Crippen LogP contribution in [-0.4, -0.2) is 29.2 Å². The van der Waals surface area contributed by atoms with E-state index in [4.69, 9.17) is 10.5 Å². The zero-order valence-corrected chi connectivity index (χ0v) is 9.62. The lowest BCUT2D eigenvalue weighted by atomic mass is 10.3. The van der Waals surface area contributed by atoms with Gasteiger partial charge in [0, 0.05) is 6.04 Å². The number of nitrogens with one attached hydrogen (secondary N) is 2. The molecule has 0 atom stereocenters. The van der Waals surface area contributed by atoms with Gasteiger partial charge in [0.05, 0.1) is 12.9 Å². The number of nitrogens with zero attached hydrogens (tertiary/aromatic N) is 1. The van der Waals surface area contributed by atoms with Crippen molar-refractivity contribution in [3.8, 4) is 5.88 Å². The lowest BCUT2D eigenvalue weighted by Gasteiger charge is -2.09. The molecule has 0 saturated heterocycles. The van der Waals surface area contributed by atoms with Gasteiger partial charge in [0.1, 0.15) is 0 Å². The van der Waals surface area contributed by atoms with Crippen LogP contribution in [0, 0.1) is 0 Å². The van der Waals surface area contributed by atoms with Crippen molar-refractivity contribution < 1.29 is 4.74 Å². The molecule has 0 radical (unpaired) electrons. The molecule has 0 aliphatic carbocycles. The van der Waals surface area contributed by atoms with Gasteiger partial charge < -0.3 is 20.8 Å². The van der Waals surface area contributed by atoms with E-state index < -0.39 is 0 Å². The molecule has 0 aliphatic heterocycles. The minimum absolute atomic E-state index is 0.0271. The van der Waals surface area contributed by atoms with Crippen molar-refractivity contribution in [3.05, 3.63) is 16.7 Å². The summed E-state index contributed by atoms with van der Waals surface area (Å²) in [5.41, 5.74) is 5.16. The Kier molecular flexibility index (Phi) is 4.78. The van der Waals surface area contributed by atoms with E-state index in [0.29, 0.717) is 12.6 Å². The number of rotatable bonds is 6. The van der Waals surface area contributed by atoms with Gasteiger partial charge in [-0.15, -0.1) is 0 Å². The Morgan fingerprint density at radius 3 is 3.06 bits per heavy atom. The van der Waals surface area contributed by atoms with E-state index in [1.54, 1.807) is 0 Å². The van der Waals surface area contributed by atoms with Gasteiger partial charge in [0.15, 0.2) is 5.69 Å². The maximum absolute atomic E-state index is 11.1. The maximum atomic E-state index is 11.1. The summed E-state index contributed by atoms with van der Waals surface area (Å²) in [4.78, 5) is 17.3. The minimum Gasteiger partial charge on any atom is -0.476 e.